The normalized spacial score (nSPS) is 10.9. The van der Waals surface area contributed by atoms with E-state index in [1.807, 2.05) is 50.2 Å². The fraction of sp³-hybridized carbons (Fsp3) is 0.333. The molecule has 2 aromatic carbocycles. The van der Waals surface area contributed by atoms with Gasteiger partial charge in [0, 0.05) is 20.3 Å². The second-order valence-corrected chi connectivity index (χ2v) is 6.39. The molecular weight excluding hydrogens is 344 g/mol. The van der Waals surface area contributed by atoms with E-state index in [2.05, 4.69) is 10.5 Å². The number of benzene rings is 2. The number of nitrogens with one attached hydrogen (secondary N) is 1. The van der Waals surface area contributed by atoms with Crippen molar-refractivity contribution < 1.29 is 18.8 Å². The number of hydrogen-bond donors (Lipinski definition) is 1. The number of amides is 1. The van der Waals surface area contributed by atoms with Crippen LogP contribution in [0.15, 0.2) is 40.9 Å². The predicted octanol–water partition coefficient (Wildman–Crippen LogP) is 3.79. The number of nitrogens with zero attached hydrogens (tertiary/aromatic N) is 1. The first-order valence-corrected chi connectivity index (χ1v) is 8.94. The quantitative estimate of drug-likeness (QED) is 0.613. The minimum absolute atomic E-state index is 0.161. The first kappa shape index (κ1) is 18.9. The molecule has 0 saturated carbocycles. The number of aromatic nitrogens is 1. The average molecular weight is 368 g/mol. The van der Waals surface area contributed by atoms with Crippen molar-refractivity contribution in [1.82, 2.24) is 10.5 Å². The molecule has 1 N–H and O–H groups in total. The van der Waals surface area contributed by atoms with Gasteiger partial charge < -0.3 is 19.3 Å². The minimum atomic E-state index is -0.161. The molecule has 0 unspecified atom stereocenters. The van der Waals surface area contributed by atoms with Crippen LogP contribution >= 0.6 is 0 Å². The number of ether oxygens (including phenoxy) is 2. The molecule has 0 aliphatic carbocycles. The predicted molar refractivity (Wildman–Crippen MR) is 103 cm³/mol. The smallest absolute Gasteiger partial charge is 0.255 e. The molecule has 1 aromatic heterocycles. The Kier molecular flexibility index (Phi) is 6.08. The van der Waals surface area contributed by atoms with Gasteiger partial charge >= 0.3 is 0 Å². The van der Waals surface area contributed by atoms with E-state index in [-0.39, 0.29) is 5.91 Å². The van der Waals surface area contributed by atoms with Crippen molar-refractivity contribution in [3.8, 4) is 5.75 Å². The van der Waals surface area contributed by atoms with Crippen LogP contribution in [0.3, 0.4) is 0 Å². The fourth-order valence-electron chi connectivity index (χ4n) is 2.89. The molecule has 6 heteroatoms. The summed E-state index contributed by atoms with van der Waals surface area (Å²) < 4.78 is 16.2. The number of rotatable bonds is 8. The van der Waals surface area contributed by atoms with Crippen molar-refractivity contribution >= 4 is 16.7 Å². The number of methoxy groups -OCH3 is 1. The van der Waals surface area contributed by atoms with Gasteiger partial charge in [-0.1, -0.05) is 29.4 Å². The summed E-state index contributed by atoms with van der Waals surface area (Å²) >= 11 is 0. The summed E-state index contributed by atoms with van der Waals surface area (Å²) in [6.45, 7) is 5.17. The zero-order valence-corrected chi connectivity index (χ0v) is 15.9. The van der Waals surface area contributed by atoms with Crippen molar-refractivity contribution in [2.24, 2.45) is 0 Å². The summed E-state index contributed by atoms with van der Waals surface area (Å²) in [7, 11) is 1.64. The molecule has 0 aliphatic rings. The maximum absolute atomic E-state index is 12.7. The zero-order valence-electron chi connectivity index (χ0n) is 15.9. The van der Waals surface area contributed by atoms with Gasteiger partial charge in [0.1, 0.15) is 18.1 Å². The highest BCUT2D eigenvalue weighted by Gasteiger charge is 2.16. The Labute approximate surface area is 158 Å². The summed E-state index contributed by atoms with van der Waals surface area (Å²) in [6, 6.07) is 11.7. The lowest BCUT2D eigenvalue weighted by Gasteiger charge is -2.13. The zero-order chi connectivity index (χ0) is 19.2. The molecule has 142 valence electrons. The summed E-state index contributed by atoms with van der Waals surface area (Å²) in [5.74, 6) is 1.10. The number of aryl methyl sites for hydroxylation is 2. The monoisotopic (exact) mass is 368 g/mol. The van der Waals surface area contributed by atoms with E-state index >= 15 is 0 Å². The highest BCUT2D eigenvalue weighted by Crippen LogP contribution is 2.27. The van der Waals surface area contributed by atoms with Gasteiger partial charge in [-0.2, -0.15) is 0 Å². The Morgan fingerprint density at radius 3 is 2.59 bits per heavy atom. The van der Waals surface area contributed by atoms with Gasteiger partial charge in [-0.15, -0.1) is 0 Å². The molecule has 6 nitrogen and oxygen atoms in total. The van der Waals surface area contributed by atoms with E-state index in [4.69, 9.17) is 14.0 Å². The molecule has 3 aromatic rings. The molecule has 0 fully saturated rings. The van der Waals surface area contributed by atoms with Crippen molar-refractivity contribution in [2.45, 2.75) is 26.9 Å². The lowest BCUT2D eigenvalue weighted by Crippen LogP contribution is -2.25. The van der Waals surface area contributed by atoms with E-state index in [1.54, 1.807) is 7.11 Å². The van der Waals surface area contributed by atoms with Gasteiger partial charge in [-0.25, -0.2) is 0 Å². The SMILES string of the molecule is COCCCNC(=O)c1cc2ccccc2cc1OCc1c(C)noc1C. The van der Waals surface area contributed by atoms with Crippen molar-refractivity contribution in [1.29, 1.82) is 0 Å². The third kappa shape index (κ3) is 4.46. The van der Waals surface area contributed by atoms with Crippen LogP contribution in [-0.2, 0) is 11.3 Å². The highest BCUT2D eigenvalue weighted by molar-refractivity contribution is 6.01. The van der Waals surface area contributed by atoms with Gasteiger partial charge in [0.05, 0.1) is 16.8 Å². The number of hydrogen-bond acceptors (Lipinski definition) is 5. The first-order valence-electron chi connectivity index (χ1n) is 8.94. The molecular formula is C21H24N2O4. The summed E-state index contributed by atoms with van der Waals surface area (Å²) in [6.07, 6.45) is 0.755. The van der Waals surface area contributed by atoms with Gasteiger partial charge in [-0.05, 0) is 43.2 Å². The van der Waals surface area contributed by atoms with Gasteiger partial charge in [0.2, 0.25) is 0 Å². The number of carbonyl (C=O) groups is 1. The van der Waals surface area contributed by atoms with E-state index in [1.165, 1.54) is 0 Å². The molecule has 27 heavy (non-hydrogen) atoms. The van der Waals surface area contributed by atoms with Gasteiger partial charge in [0.25, 0.3) is 5.91 Å². The average Bonchev–Trinajstić information content (AvgIpc) is 3.00. The number of carbonyl (C=O) groups excluding carboxylic acids is 1. The molecule has 0 saturated heterocycles. The first-order chi connectivity index (χ1) is 13.1. The standard InChI is InChI=1S/C21H24N2O4/c1-14-19(15(2)27-23-14)13-26-20-12-17-8-5-4-7-16(17)11-18(20)21(24)22-9-6-10-25-3/h4-5,7-8,11-12H,6,9-10,13H2,1-3H3,(H,22,24). The van der Waals surface area contributed by atoms with Crippen LogP contribution in [0.25, 0.3) is 10.8 Å². The molecule has 0 bridgehead atoms. The Balaban J connectivity index is 1.85. The molecule has 0 radical (unpaired) electrons. The molecule has 1 amide bonds. The second-order valence-electron chi connectivity index (χ2n) is 6.39. The highest BCUT2D eigenvalue weighted by atomic mass is 16.5. The Hall–Kier alpha value is -2.86. The van der Waals surface area contributed by atoms with E-state index in [9.17, 15) is 4.79 Å². The lowest BCUT2D eigenvalue weighted by atomic mass is 10.1. The van der Waals surface area contributed by atoms with Crippen LogP contribution in [0.4, 0.5) is 0 Å². The van der Waals surface area contributed by atoms with Crippen LogP contribution in [0.5, 0.6) is 5.75 Å². The van der Waals surface area contributed by atoms with Crippen LogP contribution < -0.4 is 10.1 Å². The van der Waals surface area contributed by atoms with Crippen molar-refractivity contribution in [3.63, 3.8) is 0 Å². The van der Waals surface area contributed by atoms with E-state index < -0.39 is 0 Å². The third-order valence-corrected chi connectivity index (χ3v) is 4.46. The second kappa shape index (κ2) is 8.68. The van der Waals surface area contributed by atoms with Crippen molar-refractivity contribution in [3.05, 3.63) is 59.0 Å². The minimum Gasteiger partial charge on any atom is -0.488 e. The topological polar surface area (TPSA) is 73.6 Å². The van der Waals surface area contributed by atoms with Crippen LogP contribution in [0, 0.1) is 13.8 Å². The lowest BCUT2D eigenvalue weighted by molar-refractivity contribution is 0.0944. The molecule has 0 spiro atoms. The molecule has 0 atom stereocenters. The largest absolute Gasteiger partial charge is 0.488 e. The van der Waals surface area contributed by atoms with Crippen LogP contribution in [0.2, 0.25) is 0 Å². The maximum atomic E-state index is 12.7. The fourth-order valence-corrected chi connectivity index (χ4v) is 2.89. The molecule has 3 rings (SSSR count). The third-order valence-electron chi connectivity index (χ3n) is 4.46. The van der Waals surface area contributed by atoms with Gasteiger partial charge in [-0.3, -0.25) is 4.79 Å². The Morgan fingerprint density at radius 1 is 1.19 bits per heavy atom. The maximum Gasteiger partial charge on any atom is 0.255 e. The van der Waals surface area contributed by atoms with Crippen molar-refractivity contribution in [2.75, 3.05) is 20.3 Å². The summed E-state index contributed by atoms with van der Waals surface area (Å²) in [5, 5.41) is 8.88. The number of fused-ring (bicyclic) bond motifs is 1. The Bertz CT molecular complexity index is 914. The summed E-state index contributed by atoms with van der Waals surface area (Å²) in [4.78, 5) is 12.7. The molecule has 0 aliphatic heterocycles. The van der Waals surface area contributed by atoms with E-state index in [0.29, 0.717) is 31.1 Å². The van der Waals surface area contributed by atoms with Gasteiger partial charge in [0.15, 0.2) is 0 Å². The van der Waals surface area contributed by atoms with Crippen LogP contribution in [-0.4, -0.2) is 31.3 Å². The summed E-state index contributed by atoms with van der Waals surface area (Å²) in [5.41, 5.74) is 2.20. The van der Waals surface area contributed by atoms with Crippen LogP contribution in [0.1, 0.15) is 33.8 Å². The Morgan fingerprint density at radius 2 is 1.93 bits per heavy atom. The molecule has 1 heterocycles. The van der Waals surface area contributed by atoms with E-state index in [0.717, 1.165) is 34.2 Å².